The molecular formula is C25H28N6O. The van der Waals surface area contributed by atoms with Gasteiger partial charge in [-0.2, -0.15) is 0 Å². The molecule has 0 N–H and O–H groups in total. The molecule has 1 aromatic carbocycles. The zero-order valence-electron chi connectivity index (χ0n) is 18.6. The number of hydrogen-bond donors (Lipinski definition) is 0. The van der Waals surface area contributed by atoms with E-state index in [1.165, 1.54) is 11.3 Å². The smallest absolute Gasteiger partial charge is 0.168 e. The van der Waals surface area contributed by atoms with Gasteiger partial charge in [0.25, 0.3) is 0 Å². The van der Waals surface area contributed by atoms with Gasteiger partial charge < -0.3 is 14.5 Å². The molecule has 1 saturated heterocycles. The van der Waals surface area contributed by atoms with Crippen LogP contribution in [0.15, 0.2) is 61.1 Å². The van der Waals surface area contributed by atoms with Crippen molar-refractivity contribution in [3.8, 4) is 16.9 Å². The number of methoxy groups -OCH3 is 1. The highest BCUT2D eigenvalue weighted by molar-refractivity contribution is 5.78. The summed E-state index contributed by atoms with van der Waals surface area (Å²) in [5.41, 5.74) is 5.43. The van der Waals surface area contributed by atoms with Crippen LogP contribution in [0, 0.1) is 0 Å². The second kappa shape index (κ2) is 8.96. The fourth-order valence-electron chi connectivity index (χ4n) is 4.36. The number of anilines is 1. The van der Waals surface area contributed by atoms with Gasteiger partial charge in [-0.05, 0) is 61.3 Å². The maximum Gasteiger partial charge on any atom is 0.168 e. The minimum atomic E-state index is 0.873. The Bertz CT molecular complexity index is 1210. The Morgan fingerprint density at radius 3 is 2.66 bits per heavy atom. The molecule has 4 aromatic rings. The van der Waals surface area contributed by atoms with Crippen LogP contribution in [0.3, 0.4) is 0 Å². The standard InChI is InChI=1S/C25H28N6O/c1-29-13-15-30(16-14-29)24-17-20(11-12-26-24)22-10-9-21(31-18-27-28-25(22)31)8-7-19-5-3-4-6-23(19)32-2/h3-6,9-12,17-18H,7-8,13-16H2,1-2H3. The van der Waals surface area contributed by atoms with Crippen molar-refractivity contribution in [1.29, 1.82) is 0 Å². The molecule has 0 amide bonds. The van der Waals surface area contributed by atoms with Crippen LogP contribution < -0.4 is 9.64 Å². The molecular weight excluding hydrogens is 400 g/mol. The average Bonchev–Trinajstić information content (AvgIpc) is 3.33. The highest BCUT2D eigenvalue weighted by Crippen LogP contribution is 2.28. The van der Waals surface area contributed by atoms with Crippen molar-refractivity contribution in [3.05, 3.63) is 72.3 Å². The lowest BCUT2D eigenvalue weighted by Crippen LogP contribution is -2.44. The van der Waals surface area contributed by atoms with Crippen LogP contribution in [0.4, 0.5) is 5.82 Å². The van der Waals surface area contributed by atoms with Crippen LogP contribution in [-0.2, 0) is 12.8 Å². The Kier molecular flexibility index (Phi) is 5.73. The molecule has 7 heteroatoms. The predicted molar refractivity (Wildman–Crippen MR) is 126 cm³/mol. The Balaban J connectivity index is 1.42. The lowest BCUT2D eigenvalue weighted by Gasteiger charge is -2.33. The zero-order valence-corrected chi connectivity index (χ0v) is 18.6. The lowest BCUT2D eigenvalue weighted by atomic mass is 10.0. The second-order valence-corrected chi connectivity index (χ2v) is 8.27. The predicted octanol–water partition coefficient (Wildman–Crippen LogP) is 3.34. The average molecular weight is 429 g/mol. The molecule has 1 fully saturated rings. The molecule has 1 aliphatic heterocycles. The van der Waals surface area contributed by atoms with Gasteiger partial charge in [0.2, 0.25) is 0 Å². The Hall–Kier alpha value is -3.45. The van der Waals surface area contributed by atoms with Gasteiger partial charge in [0.15, 0.2) is 5.65 Å². The molecule has 0 atom stereocenters. The summed E-state index contributed by atoms with van der Waals surface area (Å²) in [5.74, 6) is 1.95. The first kappa shape index (κ1) is 20.5. The largest absolute Gasteiger partial charge is 0.496 e. The third-order valence-electron chi connectivity index (χ3n) is 6.27. The summed E-state index contributed by atoms with van der Waals surface area (Å²) in [5, 5.41) is 8.66. The van der Waals surface area contributed by atoms with E-state index in [1.807, 2.05) is 18.3 Å². The van der Waals surface area contributed by atoms with Gasteiger partial charge in [0.05, 0.1) is 7.11 Å². The molecule has 0 aliphatic carbocycles. The van der Waals surface area contributed by atoms with Crippen molar-refractivity contribution in [2.24, 2.45) is 0 Å². The second-order valence-electron chi connectivity index (χ2n) is 8.27. The van der Waals surface area contributed by atoms with Crippen molar-refractivity contribution in [2.75, 3.05) is 45.2 Å². The monoisotopic (exact) mass is 428 g/mol. The van der Waals surface area contributed by atoms with Crippen LogP contribution in [-0.4, -0.2) is 64.8 Å². The van der Waals surface area contributed by atoms with Gasteiger partial charge in [-0.1, -0.05) is 18.2 Å². The normalized spacial score (nSPS) is 14.8. The minimum absolute atomic E-state index is 0.873. The maximum absolute atomic E-state index is 5.51. The Labute approximate surface area is 188 Å². The molecule has 7 nitrogen and oxygen atoms in total. The summed E-state index contributed by atoms with van der Waals surface area (Å²) < 4.78 is 7.60. The molecule has 164 valence electrons. The van der Waals surface area contributed by atoms with Crippen molar-refractivity contribution < 1.29 is 4.74 Å². The summed E-state index contributed by atoms with van der Waals surface area (Å²) in [7, 11) is 3.88. The molecule has 0 saturated carbocycles. The van der Waals surface area contributed by atoms with Gasteiger partial charge in [-0.25, -0.2) is 4.98 Å². The van der Waals surface area contributed by atoms with E-state index in [0.717, 1.165) is 67.4 Å². The number of piperazine rings is 1. The molecule has 5 rings (SSSR count). The van der Waals surface area contributed by atoms with Crippen molar-refractivity contribution in [3.63, 3.8) is 0 Å². The summed E-state index contributed by atoms with van der Waals surface area (Å²) in [4.78, 5) is 9.34. The van der Waals surface area contributed by atoms with E-state index in [0.29, 0.717) is 0 Å². The van der Waals surface area contributed by atoms with Gasteiger partial charge in [-0.3, -0.25) is 4.40 Å². The van der Waals surface area contributed by atoms with E-state index in [4.69, 9.17) is 4.74 Å². The van der Waals surface area contributed by atoms with Gasteiger partial charge in [0, 0.05) is 43.6 Å². The SMILES string of the molecule is COc1ccccc1CCc1ccc(-c2ccnc(N3CCN(C)CC3)c2)c2nncn12. The number of aryl methyl sites for hydroxylation is 2. The first-order valence-corrected chi connectivity index (χ1v) is 11.1. The summed E-state index contributed by atoms with van der Waals surface area (Å²) in [6.45, 7) is 4.10. The van der Waals surface area contributed by atoms with Crippen molar-refractivity contribution in [1.82, 2.24) is 24.5 Å². The highest BCUT2D eigenvalue weighted by atomic mass is 16.5. The molecule has 0 spiro atoms. The number of nitrogens with zero attached hydrogens (tertiary/aromatic N) is 6. The zero-order chi connectivity index (χ0) is 21.9. The summed E-state index contributed by atoms with van der Waals surface area (Å²) in [6, 6.07) is 16.7. The molecule has 4 heterocycles. The van der Waals surface area contributed by atoms with Gasteiger partial charge >= 0.3 is 0 Å². The fourth-order valence-corrected chi connectivity index (χ4v) is 4.36. The first-order chi connectivity index (χ1) is 15.7. The van der Waals surface area contributed by atoms with E-state index in [1.54, 1.807) is 13.4 Å². The number of fused-ring (bicyclic) bond motifs is 1. The number of pyridine rings is 2. The number of hydrogen-bond acceptors (Lipinski definition) is 6. The van der Waals surface area contributed by atoms with Crippen LogP contribution in [0.2, 0.25) is 0 Å². The third kappa shape index (κ3) is 4.03. The third-order valence-corrected chi connectivity index (χ3v) is 6.27. The number of ether oxygens (including phenoxy) is 1. The number of benzene rings is 1. The first-order valence-electron chi connectivity index (χ1n) is 11.1. The van der Waals surface area contributed by atoms with Crippen LogP contribution >= 0.6 is 0 Å². The minimum Gasteiger partial charge on any atom is -0.496 e. The van der Waals surface area contributed by atoms with E-state index in [2.05, 4.69) is 72.8 Å². The maximum atomic E-state index is 5.51. The quantitative estimate of drug-likeness (QED) is 0.470. The van der Waals surface area contributed by atoms with Gasteiger partial charge in [0.1, 0.15) is 17.9 Å². The lowest BCUT2D eigenvalue weighted by molar-refractivity contribution is 0.312. The molecule has 32 heavy (non-hydrogen) atoms. The highest BCUT2D eigenvalue weighted by Gasteiger charge is 2.17. The molecule has 0 bridgehead atoms. The van der Waals surface area contributed by atoms with E-state index < -0.39 is 0 Å². The van der Waals surface area contributed by atoms with Crippen LogP contribution in [0.1, 0.15) is 11.3 Å². The number of rotatable bonds is 6. The topological polar surface area (TPSA) is 58.8 Å². The van der Waals surface area contributed by atoms with Crippen LogP contribution in [0.25, 0.3) is 16.8 Å². The summed E-state index contributed by atoms with van der Waals surface area (Å²) >= 11 is 0. The van der Waals surface area contributed by atoms with Crippen LogP contribution in [0.5, 0.6) is 5.75 Å². The number of aromatic nitrogens is 4. The van der Waals surface area contributed by atoms with E-state index in [9.17, 15) is 0 Å². The number of likely N-dealkylation sites (N-methyl/N-ethyl adjacent to an activating group) is 1. The van der Waals surface area contributed by atoms with Crippen molar-refractivity contribution >= 4 is 11.5 Å². The molecule has 0 unspecified atom stereocenters. The Morgan fingerprint density at radius 2 is 1.81 bits per heavy atom. The van der Waals surface area contributed by atoms with Crippen molar-refractivity contribution in [2.45, 2.75) is 12.8 Å². The van der Waals surface area contributed by atoms with E-state index in [-0.39, 0.29) is 0 Å². The summed E-state index contributed by atoms with van der Waals surface area (Å²) in [6.07, 6.45) is 5.46. The Morgan fingerprint density at radius 1 is 0.969 bits per heavy atom. The fraction of sp³-hybridized carbons (Fsp3) is 0.320. The van der Waals surface area contributed by atoms with E-state index >= 15 is 0 Å². The molecule has 1 aliphatic rings. The van der Waals surface area contributed by atoms with Gasteiger partial charge in [-0.15, -0.1) is 10.2 Å². The molecule has 0 radical (unpaired) electrons. The molecule has 3 aromatic heterocycles. The number of para-hydroxylation sites is 1.